The van der Waals surface area contributed by atoms with Crippen LogP contribution in [0, 0.1) is 12.7 Å². The number of aryl methyl sites for hydroxylation is 1. The lowest BCUT2D eigenvalue weighted by Gasteiger charge is -2.40. The van der Waals surface area contributed by atoms with Crippen LogP contribution in [-0.4, -0.2) is 103 Å². The Labute approximate surface area is 292 Å². The third kappa shape index (κ3) is 5.73. The SMILES string of the molecule is Cc1ccc2sc(NC(=O)OC(C)(C)C)nc2c1-c1ncc2c(N3CC4CCC(C3)N4C(=O)O)nc(OCC34CCCN3CCC4)nc2c1F. The molecule has 2 amide bonds. The Bertz CT molecular complexity index is 1990. The van der Waals surface area contributed by atoms with Crippen molar-refractivity contribution in [1.29, 1.82) is 0 Å². The molecule has 2 atom stereocenters. The van der Waals surface area contributed by atoms with Gasteiger partial charge < -0.3 is 19.5 Å². The molecule has 2 bridgehead atoms. The zero-order valence-electron chi connectivity index (χ0n) is 28.7. The van der Waals surface area contributed by atoms with E-state index in [1.54, 1.807) is 31.9 Å². The number of hydrogen-bond acceptors (Lipinski definition) is 11. The third-order valence-corrected chi connectivity index (χ3v) is 11.5. The monoisotopic (exact) mass is 704 g/mol. The minimum Gasteiger partial charge on any atom is -0.465 e. The van der Waals surface area contributed by atoms with Gasteiger partial charge in [-0.3, -0.25) is 20.1 Å². The number of thiazole rings is 1. The van der Waals surface area contributed by atoms with Gasteiger partial charge in [0.1, 0.15) is 29.2 Å². The van der Waals surface area contributed by atoms with Crippen LogP contribution in [0.15, 0.2) is 18.3 Å². The first-order valence-corrected chi connectivity index (χ1v) is 18.1. The van der Waals surface area contributed by atoms with Gasteiger partial charge in [0.2, 0.25) is 0 Å². The number of carbonyl (C=O) groups is 2. The minimum atomic E-state index is -0.918. The number of halogens is 1. The molecule has 0 spiro atoms. The predicted molar refractivity (Wildman–Crippen MR) is 188 cm³/mol. The lowest BCUT2D eigenvalue weighted by molar-refractivity contribution is 0.0635. The number of amides is 2. The van der Waals surface area contributed by atoms with Gasteiger partial charge in [-0.2, -0.15) is 9.97 Å². The van der Waals surface area contributed by atoms with Gasteiger partial charge in [0, 0.05) is 24.8 Å². The zero-order chi connectivity index (χ0) is 34.9. The van der Waals surface area contributed by atoms with Gasteiger partial charge in [0.25, 0.3) is 0 Å². The molecule has 4 aliphatic rings. The molecule has 4 fully saturated rings. The maximum absolute atomic E-state index is 17.0. The number of pyridine rings is 1. The molecule has 4 saturated heterocycles. The summed E-state index contributed by atoms with van der Waals surface area (Å²) in [6.45, 7) is 10.6. The zero-order valence-corrected chi connectivity index (χ0v) is 29.5. The van der Waals surface area contributed by atoms with Crippen molar-refractivity contribution >= 4 is 55.6 Å². The highest BCUT2D eigenvalue weighted by molar-refractivity contribution is 7.22. The molecule has 0 radical (unpaired) electrons. The molecule has 13 nitrogen and oxygen atoms in total. The van der Waals surface area contributed by atoms with Gasteiger partial charge in [0.05, 0.1) is 33.2 Å². The van der Waals surface area contributed by atoms with Crippen molar-refractivity contribution < 1.29 is 28.6 Å². The number of ether oxygens (including phenoxy) is 2. The van der Waals surface area contributed by atoms with Crippen LogP contribution in [-0.2, 0) is 4.74 Å². The van der Waals surface area contributed by atoms with Crippen molar-refractivity contribution in [1.82, 2.24) is 29.7 Å². The van der Waals surface area contributed by atoms with Crippen LogP contribution in [0.25, 0.3) is 32.4 Å². The molecule has 2 unspecified atom stereocenters. The van der Waals surface area contributed by atoms with Crippen LogP contribution >= 0.6 is 11.3 Å². The molecule has 50 heavy (non-hydrogen) atoms. The van der Waals surface area contributed by atoms with Crippen LogP contribution in [0.4, 0.5) is 24.9 Å². The summed E-state index contributed by atoms with van der Waals surface area (Å²) in [5.74, 6) is -0.139. The second-order valence-corrected chi connectivity index (χ2v) is 16.0. The maximum Gasteiger partial charge on any atom is 0.413 e. The number of nitrogens with zero attached hydrogens (tertiary/aromatic N) is 7. The smallest absolute Gasteiger partial charge is 0.413 e. The number of benzene rings is 1. The third-order valence-electron chi connectivity index (χ3n) is 10.5. The maximum atomic E-state index is 17.0. The van der Waals surface area contributed by atoms with E-state index in [1.807, 2.05) is 24.0 Å². The Hall–Kier alpha value is -4.37. The molecule has 2 N–H and O–H groups in total. The minimum absolute atomic E-state index is 0.0604. The number of aromatic nitrogens is 4. The van der Waals surface area contributed by atoms with Gasteiger partial charge in [0.15, 0.2) is 10.9 Å². The molecule has 8 rings (SSSR count). The summed E-state index contributed by atoms with van der Waals surface area (Å²) in [7, 11) is 0. The standard InChI is InChI=1S/C35H41FN8O5S/c1-19-7-10-23-27(39-31(50-23)41-32(45)49-34(2,3)4)24(19)28-25(36)26-22(15-37-28)29(42-16-20-8-9-21(17-42)44(20)33(46)47)40-30(38-26)48-18-35-11-5-13-43(35)14-6-12-35/h7,10,15,20-21H,5-6,8-9,11-14,16-18H2,1-4H3,(H,46,47)(H,39,41,45). The Balaban J connectivity index is 1.20. The van der Waals surface area contributed by atoms with E-state index in [0.29, 0.717) is 47.1 Å². The highest BCUT2D eigenvalue weighted by Crippen LogP contribution is 2.42. The number of nitrogens with one attached hydrogen (secondary N) is 1. The Morgan fingerprint density at radius 1 is 1.08 bits per heavy atom. The van der Waals surface area contributed by atoms with Crippen LogP contribution in [0.5, 0.6) is 6.01 Å². The van der Waals surface area contributed by atoms with E-state index in [4.69, 9.17) is 14.5 Å². The van der Waals surface area contributed by atoms with Crippen LogP contribution in [0.1, 0.15) is 64.9 Å². The number of piperazine rings is 1. The molecule has 7 heterocycles. The first-order valence-electron chi connectivity index (χ1n) is 17.3. The normalized spacial score (nSPS) is 21.6. The van der Waals surface area contributed by atoms with Crippen LogP contribution in [0.3, 0.4) is 0 Å². The van der Waals surface area contributed by atoms with Crippen molar-refractivity contribution in [3.05, 3.63) is 29.7 Å². The van der Waals surface area contributed by atoms with E-state index in [1.165, 1.54) is 11.3 Å². The van der Waals surface area contributed by atoms with Crippen LogP contribution < -0.4 is 15.0 Å². The van der Waals surface area contributed by atoms with Crippen molar-refractivity contribution in [2.75, 3.05) is 43.0 Å². The van der Waals surface area contributed by atoms with E-state index < -0.39 is 23.6 Å². The number of rotatable bonds is 6. The Morgan fingerprint density at radius 3 is 2.48 bits per heavy atom. The first kappa shape index (κ1) is 32.8. The van der Waals surface area contributed by atoms with Crippen molar-refractivity contribution in [2.45, 2.75) is 89.4 Å². The number of anilines is 2. The molecular weight excluding hydrogens is 664 g/mol. The Kier molecular flexibility index (Phi) is 7.97. The highest BCUT2D eigenvalue weighted by Gasteiger charge is 2.46. The van der Waals surface area contributed by atoms with E-state index in [9.17, 15) is 14.7 Å². The fraction of sp³-hybridized carbons (Fsp3) is 0.543. The predicted octanol–water partition coefficient (Wildman–Crippen LogP) is 6.43. The fourth-order valence-corrected chi connectivity index (χ4v) is 9.25. The average molecular weight is 705 g/mol. The van der Waals surface area contributed by atoms with Gasteiger partial charge in [-0.15, -0.1) is 0 Å². The van der Waals surface area contributed by atoms with Crippen molar-refractivity contribution in [2.24, 2.45) is 0 Å². The van der Waals surface area contributed by atoms with E-state index in [0.717, 1.165) is 61.9 Å². The summed E-state index contributed by atoms with van der Waals surface area (Å²) in [5.41, 5.74) is 1.17. The summed E-state index contributed by atoms with van der Waals surface area (Å²) in [6, 6.07) is 3.49. The second-order valence-electron chi connectivity index (χ2n) is 14.9. The summed E-state index contributed by atoms with van der Waals surface area (Å²) in [5, 5.41) is 13.3. The lowest BCUT2D eigenvalue weighted by Crippen LogP contribution is -2.55. The largest absolute Gasteiger partial charge is 0.465 e. The molecular formula is C35H41FN8O5S. The number of fused-ring (bicyclic) bond motifs is 5. The second kappa shape index (κ2) is 12.1. The summed E-state index contributed by atoms with van der Waals surface area (Å²) in [4.78, 5) is 49.5. The molecule has 264 valence electrons. The summed E-state index contributed by atoms with van der Waals surface area (Å²) >= 11 is 1.26. The van der Waals surface area contributed by atoms with Crippen molar-refractivity contribution in [3.8, 4) is 17.3 Å². The molecule has 0 aliphatic carbocycles. The Morgan fingerprint density at radius 2 is 1.80 bits per heavy atom. The molecule has 3 aromatic heterocycles. The van der Waals surface area contributed by atoms with Gasteiger partial charge >= 0.3 is 18.2 Å². The topological polar surface area (TPSA) is 146 Å². The quantitative estimate of drug-likeness (QED) is 0.229. The molecule has 4 aromatic rings. The lowest BCUT2D eigenvalue weighted by atomic mass is 9.95. The molecule has 15 heteroatoms. The van der Waals surface area contributed by atoms with E-state index in [-0.39, 0.29) is 34.8 Å². The molecule has 0 saturated carbocycles. The first-order chi connectivity index (χ1) is 23.9. The van der Waals surface area contributed by atoms with Gasteiger partial charge in [-0.1, -0.05) is 17.4 Å². The number of hydrogen-bond donors (Lipinski definition) is 2. The van der Waals surface area contributed by atoms with Crippen LogP contribution in [0.2, 0.25) is 0 Å². The molecule has 1 aromatic carbocycles. The van der Waals surface area contributed by atoms with E-state index in [2.05, 4.69) is 25.2 Å². The fourth-order valence-electron chi connectivity index (χ4n) is 8.39. The van der Waals surface area contributed by atoms with E-state index >= 15 is 4.39 Å². The number of carbonyl (C=O) groups excluding carboxylic acids is 1. The average Bonchev–Trinajstić information content (AvgIpc) is 3.81. The summed E-state index contributed by atoms with van der Waals surface area (Å²) in [6.07, 6.45) is 5.88. The molecule has 4 aliphatic heterocycles. The summed E-state index contributed by atoms with van der Waals surface area (Å²) < 4.78 is 29.6. The van der Waals surface area contributed by atoms with Crippen molar-refractivity contribution in [3.63, 3.8) is 0 Å². The number of carboxylic acid groups (broad SMARTS) is 1. The highest BCUT2D eigenvalue weighted by atomic mass is 32.1. The van der Waals surface area contributed by atoms with Gasteiger partial charge in [-0.05, 0) is 90.9 Å². The van der Waals surface area contributed by atoms with Gasteiger partial charge in [-0.25, -0.2) is 19.0 Å².